The van der Waals surface area contributed by atoms with Crippen LogP contribution in [0.3, 0.4) is 0 Å². The Labute approximate surface area is 193 Å². The van der Waals surface area contributed by atoms with E-state index >= 15 is 0 Å². The molecule has 2 aliphatic rings. The molecule has 0 saturated carbocycles. The fraction of sp³-hybridized carbons (Fsp3) is 0.346. The number of thiophene rings is 1. The van der Waals surface area contributed by atoms with Gasteiger partial charge in [-0.2, -0.15) is 0 Å². The number of allylic oxidation sites excluding steroid dienone is 5. The zero-order valence-corrected chi connectivity index (χ0v) is 19.3. The molecular formula is C26H30N2O3S. The van der Waals surface area contributed by atoms with E-state index in [1.165, 1.54) is 41.5 Å². The van der Waals surface area contributed by atoms with Gasteiger partial charge in [0, 0.05) is 16.0 Å². The predicted molar refractivity (Wildman–Crippen MR) is 131 cm³/mol. The van der Waals surface area contributed by atoms with E-state index in [9.17, 15) is 4.79 Å². The SMILES string of the molecule is COC(=O)C1=CC=C(CCCc2ccc(NOc3c(N)sc4c3CCCC4)cc2)C=CC1. The third-order valence-corrected chi connectivity index (χ3v) is 7.02. The number of benzene rings is 1. The molecule has 0 unspecified atom stereocenters. The molecule has 0 atom stereocenters. The molecule has 0 saturated heterocycles. The second-order valence-corrected chi connectivity index (χ2v) is 9.33. The Hall–Kier alpha value is -2.99. The van der Waals surface area contributed by atoms with Crippen LogP contribution in [0.2, 0.25) is 0 Å². The first-order chi connectivity index (χ1) is 15.6. The van der Waals surface area contributed by atoms with E-state index < -0.39 is 0 Å². The molecule has 1 aromatic carbocycles. The van der Waals surface area contributed by atoms with Crippen molar-refractivity contribution in [1.29, 1.82) is 0 Å². The minimum absolute atomic E-state index is 0.258. The van der Waals surface area contributed by atoms with Crippen molar-refractivity contribution in [3.05, 3.63) is 75.7 Å². The molecule has 0 bridgehead atoms. The molecule has 0 amide bonds. The monoisotopic (exact) mass is 450 g/mol. The number of carbonyl (C=O) groups is 1. The van der Waals surface area contributed by atoms with Gasteiger partial charge in [0.15, 0.2) is 5.75 Å². The molecule has 2 aliphatic carbocycles. The van der Waals surface area contributed by atoms with E-state index in [2.05, 4.69) is 23.7 Å². The Kier molecular flexibility index (Phi) is 7.32. The number of nitrogens with one attached hydrogen (secondary N) is 1. The highest BCUT2D eigenvalue weighted by Crippen LogP contribution is 2.42. The number of methoxy groups -OCH3 is 1. The third kappa shape index (κ3) is 5.43. The highest BCUT2D eigenvalue weighted by molar-refractivity contribution is 7.16. The summed E-state index contributed by atoms with van der Waals surface area (Å²) in [5.74, 6) is 0.550. The van der Waals surface area contributed by atoms with Crippen LogP contribution in [0, 0.1) is 0 Å². The molecule has 0 fully saturated rings. The van der Waals surface area contributed by atoms with Crippen LogP contribution in [0.5, 0.6) is 5.75 Å². The van der Waals surface area contributed by atoms with Crippen LogP contribution in [0.4, 0.5) is 10.7 Å². The van der Waals surface area contributed by atoms with Gasteiger partial charge >= 0.3 is 5.97 Å². The van der Waals surface area contributed by atoms with E-state index in [-0.39, 0.29) is 5.97 Å². The third-order valence-electron chi connectivity index (χ3n) is 5.92. The Bertz CT molecular complexity index is 1050. The average Bonchev–Trinajstić information content (AvgIpc) is 2.97. The molecule has 1 aromatic heterocycles. The lowest BCUT2D eigenvalue weighted by molar-refractivity contribution is -0.136. The maximum Gasteiger partial charge on any atom is 0.334 e. The largest absolute Gasteiger partial charge is 0.466 e. The van der Waals surface area contributed by atoms with Gasteiger partial charge in [-0.25, -0.2) is 10.3 Å². The summed E-state index contributed by atoms with van der Waals surface area (Å²) in [5, 5.41) is 0.761. The number of anilines is 2. The zero-order chi connectivity index (χ0) is 22.3. The fourth-order valence-corrected chi connectivity index (χ4v) is 5.22. The molecule has 1 heterocycles. The predicted octanol–water partition coefficient (Wildman–Crippen LogP) is 5.92. The number of hydrogen-bond acceptors (Lipinski definition) is 6. The first-order valence-corrected chi connectivity index (χ1v) is 12.0. The number of hydrogen-bond donors (Lipinski definition) is 2. The van der Waals surface area contributed by atoms with Crippen LogP contribution in [-0.2, 0) is 28.8 Å². The quantitative estimate of drug-likeness (QED) is 0.386. The summed E-state index contributed by atoms with van der Waals surface area (Å²) < 4.78 is 4.81. The van der Waals surface area contributed by atoms with Crippen molar-refractivity contribution in [3.63, 3.8) is 0 Å². The molecule has 4 rings (SSSR count). The summed E-state index contributed by atoms with van der Waals surface area (Å²) >= 11 is 1.66. The highest BCUT2D eigenvalue weighted by Gasteiger charge is 2.21. The van der Waals surface area contributed by atoms with Crippen LogP contribution >= 0.6 is 11.3 Å². The molecular weight excluding hydrogens is 420 g/mol. The van der Waals surface area contributed by atoms with Gasteiger partial charge in [0.2, 0.25) is 0 Å². The van der Waals surface area contributed by atoms with Crippen molar-refractivity contribution in [2.24, 2.45) is 0 Å². The van der Waals surface area contributed by atoms with E-state index in [0.717, 1.165) is 48.5 Å². The maximum absolute atomic E-state index is 11.7. The van der Waals surface area contributed by atoms with E-state index in [1.807, 2.05) is 30.4 Å². The van der Waals surface area contributed by atoms with Gasteiger partial charge in [0.05, 0.1) is 12.8 Å². The Morgan fingerprint density at radius 3 is 2.75 bits per heavy atom. The Morgan fingerprint density at radius 1 is 1.12 bits per heavy atom. The number of carbonyl (C=O) groups excluding carboxylic acids is 1. The summed E-state index contributed by atoms with van der Waals surface area (Å²) in [4.78, 5) is 18.9. The first-order valence-electron chi connectivity index (χ1n) is 11.2. The van der Waals surface area contributed by atoms with Crippen molar-refractivity contribution >= 4 is 28.0 Å². The van der Waals surface area contributed by atoms with Gasteiger partial charge in [0.25, 0.3) is 0 Å². The zero-order valence-electron chi connectivity index (χ0n) is 18.5. The van der Waals surface area contributed by atoms with Gasteiger partial charge in [-0.15, -0.1) is 11.3 Å². The van der Waals surface area contributed by atoms with Gasteiger partial charge in [-0.1, -0.05) is 36.4 Å². The summed E-state index contributed by atoms with van der Waals surface area (Å²) in [6, 6.07) is 8.34. The van der Waals surface area contributed by atoms with Crippen molar-refractivity contribution in [3.8, 4) is 5.75 Å². The Balaban J connectivity index is 1.27. The summed E-state index contributed by atoms with van der Waals surface area (Å²) in [5.41, 5.74) is 14.6. The van der Waals surface area contributed by atoms with Gasteiger partial charge < -0.3 is 15.3 Å². The molecule has 32 heavy (non-hydrogen) atoms. The van der Waals surface area contributed by atoms with Crippen molar-refractivity contribution in [2.45, 2.75) is 51.4 Å². The lowest BCUT2D eigenvalue weighted by Gasteiger charge is -2.14. The van der Waals surface area contributed by atoms with E-state index in [0.29, 0.717) is 12.0 Å². The van der Waals surface area contributed by atoms with Crippen molar-refractivity contribution in [1.82, 2.24) is 0 Å². The van der Waals surface area contributed by atoms with Gasteiger partial charge in [-0.05, 0) is 74.6 Å². The first kappa shape index (κ1) is 22.2. The Morgan fingerprint density at radius 2 is 1.94 bits per heavy atom. The number of ether oxygens (including phenoxy) is 1. The number of nitrogens with two attached hydrogens (primary N) is 1. The maximum atomic E-state index is 11.7. The van der Waals surface area contributed by atoms with Crippen LogP contribution in [0.25, 0.3) is 0 Å². The molecule has 6 heteroatoms. The number of esters is 1. The van der Waals surface area contributed by atoms with E-state index in [1.54, 1.807) is 11.3 Å². The molecule has 5 nitrogen and oxygen atoms in total. The van der Waals surface area contributed by atoms with Crippen LogP contribution in [-0.4, -0.2) is 13.1 Å². The summed E-state index contributed by atoms with van der Waals surface area (Å²) in [7, 11) is 1.42. The molecule has 0 spiro atoms. The lowest BCUT2D eigenvalue weighted by atomic mass is 9.99. The normalized spacial score (nSPS) is 15.3. The van der Waals surface area contributed by atoms with E-state index in [4.69, 9.17) is 15.3 Å². The number of rotatable bonds is 8. The minimum atomic E-state index is -0.258. The van der Waals surface area contributed by atoms with Crippen LogP contribution in [0.1, 0.15) is 48.1 Å². The number of nitrogen functional groups attached to an aromatic ring is 1. The van der Waals surface area contributed by atoms with Crippen molar-refractivity contribution in [2.75, 3.05) is 18.3 Å². The van der Waals surface area contributed by atoms with Crippen molar-refractivity contribution < 1.29 is 14.4 Å². The van der Waals surface area contributed by atoms with Gasteiger partial charge in [0.1, 0.15) is 5.00 Å². The second kappa shape index (κ2) is 10.6. The standard InChI is InChI=1S/C26H30N2O3S/c1-30-26(29)20-9-5-8-18(12-15-20)6-4-7-19-13-16-21(17-14-19)28-31-24-22-10-2-3-11-23(22)32-25(24)27/h5,8,12-17,28H,2-4,6-7,9-11,27H2,1H3. The topological polar surface area (TPSA) is 73.6 Å². The molecule has 2 aromatic rings. The summed E-state index contributed by atoms with van der Waals surface area (Å²) in [6.07, 6.45) is 16.2. The highest BCUT2D eigenvalue weighted by atomic mass is 32.1. The number of aryl methyl sites for hydroxylation is 2. The lowest BCUT2D eigenvalue weighted by Crippen LogP contribution is -2.08. The smallest absolute Gasteiger partial charge is 0.334 e. The molecule has 3 N–H and O–H groups in total. The van der Waals surface area contributed by atoms with Gasteiger partial charge in [-0.3, -0.25) is 0 Å². The number of fused-ring (bicyclic) bond motifs is 1. The second-order valence-electron chi connectivity index (χ2n) is 8.19. The molecule has 0 aliphatic heterocycles. The average molecular weight is 451 g/mol. The van der Waals surface area contributed by atoms with Crippen LogP contribution < -0.4 is 16.1 Å². The van der Waals surface area contributed by atoms with Crippen LogP contribution in [0.15, 0.2) is 59.7 Å². The molecule has 168 valence electrons. The molecule has 0 radical (unpaired) electrons. The minimum Gasteiger partial charge on any atom is -0.466 e. The fourth-order valence-electron chi connectivity index (χ4n) is 4.13. The summed E-state index contributed by atoms with van der Waals surface area (Å²) in [6.45, 7) is 0.